The lowest BCUT2D eigenvalue weighted by Gasteiger charge is -2.50. The highest BCUT2D eigenvalue weighted by Crippen LogP contribution is 2.37. The molecule has 5 aliphatic rings. The van der Waals surface area contributed by atoms with Gasteiger partial charge in [0.2, 0.25) is 11.8 Å². The number of hydrogen-bond donors (Lipinski definition) is 18. The molecular weight excluding hydrogens is 1360 g/mol. The molecule has 18 N–H and O–H groups in total. The van der Waals surface area contributed by atoms with Crippen molar-refractivity contribution < 1.29 is 139 Å². The van der Waals surface area contributed by atoms with Gasteiger partial charge >= 0.3 is 0 Å². The second-order valence-electron chi connectivity index (χ2n) is 28.9. The molecule has 0 aromatic rings. The number of carbonyl (C=O) groups excluding carboxylic acids is 2. The van der Waals surface area contributed by atoms with Crippen LogP contribution < -0.4 is 10.6 Å². The van der Waals surface area contributed by atoms with Crippen molar-refractivity contribution in [2.24, 2.45) is 0 Å². The van der Waals surface area contributed by atoms with E-state index in [4.69, 9.17) is 47.4 Å². The predicted molar refractivity (Wildman–Crippen MR) is 377 cm³/mol. The second-order valence-corrected chi connectivity index (χ2v) is 28.9. The molecule has 0 aromatic heterocycles. The van der Waals surface area contributed by atoms with Gasteiger partial charge in [0.25, 0.3) is 0 Å². The van der Waals surface area contributed by atoms with Gasteiger partial charge in [-0.3, -0.25) is 9.59 Å². The van der Waals surface area contributed by atoms with Crippen LogP contribution in [0.4, 0.5) is 0 Å². The van der Waals surface area contributed by atoms with E-state index < -0.39 is 211 Å². The van der Waals surface area contributed by atoms with Gasteiger partial charge in [0, 0.05) is 13.3 Å². The average molecular weight is 1500 g/mol. The van der Waals surface area contributed by atoms with Gasteiger partial charge in [-0.25, -0.2) is 0 Å². The Morgan fingerprint density at radius 3 is 1.12 bits per heavy atom. The molecular formula is C74H134N2O28. The molecule has 10 unspecified atom stereocenters. The summed E-state index contributed by atoms with van der Waals surface area (Å²) in [5.41, 5.74) is 0. The summed E-state index contributed by atoms with van der Waals surface area (Å²) in [5, 5.41) is 181. The first kappa shape index (κ1) is 92.0. The molecule has 5 heterocycles. The highest BCUT2D eigenvalue weighted by atomic mass is 16.8. The number of hydrogen-bond acceptors (Lipinski definition) is 28. The molecule has 5 fully saturated rings. The van der Waals surface area contributed by atoms with Crippen LogP contribution in [0.3, 0.4) is 0 Å². The normalized spacial score (nSPS) is 34.8. The van der Waals surface area contributed by atoms with E-state index in [9.17, 15) is 91.3 Å². The number of amides is 2. The van der Waals surface area contributed by atoms with Gasteiger partial charge in [-0.05, 0) is 44.9 Å². The summed E-state index contributed by atoms with van der Waals surface area (Å²) in [6.07, 6.45) is -1.37. The van der Waals surface area contributed by atoms with Crippen LogP contribution in [0.5, 0.6) is 0 Å². The number of nitrogens with one attached hydrogen (secondary N) is 2. The molecule has 608 valence electrons. The number of ether oxygens (including phenoxy) is 10. The number of carbonyl (C=O) groups is 2. The number of allylic oxidation sites excluding steroid dienone is 3. The van der Waals surface area contributed by atoms with E-state index in [0.717, 1.165) is 58.3 Å². The summed E-state index contributed by atoms with van der Waals surface area (Å²) in [4.78, 5) is 26.1. The van der Waals surface area contributed by atoms with Crippen molar-refractivity contribution in [1.82, 2.24) is 10.6 Å². The van der Waals surface area contributed by atoms with Crippen molar-refractivity contribution in [2.45, 2.75) is 392 Å². The molecule has 0 radical (unpaired) electrons. The van der Waals surface area contributed by atoms with Crippen LogP contribution >= 0.6 is 0 Å². The fraction of sp³-hybridized carbons (Fsp3) is 0.919. The van der Waals surface area contributed by atoms with Gasteiger partial charge in [-0.15, -0.1) is 0 Å². The smallest absolute Gasteiger partial charge is 0.220 e. The molecule has 2 amide bonds. The van der Waals surface area contributed by atoms with E-state index in [1.165, 1.54) is 135 Å². The lowest BCUT2D eigenvalue weighted by atomic mass is 9.94. The summed E-state index contributed by atoms with van der Waals surface area (Å²) in [6, 6.07) is -2.69. The topological polar surface area (TPSA) is 474 Å². The zero-order chi connectivity index (χ0) is 75.9. The first-order valence-electron chi connectivity index (χ1n) is 39.1. The van der Waals surface area contributed by atoms with Crippen LogP contribution in [0.1, 0.15) is 226 Å². The van der Waals surface area contributed by atoms with Crippen LogP contribution in [0.15, 0.2) is 24.3 Å². The number of unbranched alkanes of at least 4 members (excludes halogenated alkanes) is 28. The molecule has 0 spiro atoms. The summed E-state index contributed by atoms with van der Waals surface area (Å²) in [6.45, 7) is 0.407. The summed E-state index contributed by atoms with van der Waals surface area (Å²) in [5.74, 6) is -1.11. The highest BCUT2D eigenvalue weighted by molar-refractivity contribution is 5.76. The van der Waals surface area contributed by atoms with Crippen LogP contribution in [0.25, 0.3) is 0 Å². The molecule has 30 nitrogen and oxygen atoms in total. The van der Waals surface area contributed by atoms with Gasteiger partial charge < -0.3 is 140 Å². The summed E-state index contributed by atoms with van der Waals surface area (Å²) < 4.78 is 58.3. The van der Waals surface area contributed by atoms with Crippen molar-refractivity contribution in [3.05, 3.63) is 24.3 Å². The maximum absolute atomic E-state index is 13.5. The van der Waals surface area contributed by atoms with Crippen molar-refractivity contribution in [1.29, 1.82) is 0 Å². The van der Waals surface area contributed by atoms with Gasteiger partial charge in [0.15, 0.2) is 31.5 Å². The molecule has 0 saturated carbocycles. The first-order valence-corrected chi connectivity index (χ1v) is 39.1. The lowest BCUT2D eigenvalue weighted by Crippen LogP contribution is -2.70. The molecule has 5 rings (SSSR count). The van der Waals surface area contributed by atoms with E-state index in [-0.39, 0.29) is 12.3 Å². The van der Waals surface area contributed by atoms with Gasteiger partial charge in [-0.1, -0.05) is 192 Å². The predicted octanol–water partition coefficient (Wildman–Crippen LogP) is 1.72. The third kappa shape index (κ3) is 30.2. The zero-order valence-electron chi connectivity index (χ0n) is 61.8. The Morgan fingerprint density at radius 2 is 0.702 bits per heavy atom. The Labute approximate surface area is 614 Å². The number of aliphatic hydroxyl groups excluding tert-OH is 16. The molecule has 104 heavy (non-hydrogen) atoms. The van der Waals surface area contributed by atoms with E-state index in [1.807, 2.05) is 6.08 Å². The molecule has 0 aromatic carbocycles. The minimum atomic E-state index is -2.18. The fourth-order valence-electron chi connectivity index (χ4n) is 14.0. The Hall–Kier alpha value is -2.62. The van der Waals surface area contributed by atoms with Crippen LogP contribution in [-0.4, -0.2) is 299 Å². The highest BCUT2D eigenvalue weighted by Gasteiger charge is 2.57. The van der Waals surface area contributed by atoms with Gasteiger partial charge in [0.05, 0.1) is 51.8 Å². The Balaban J connectivity index is 1.13. The van der Waals surface area contributed by atoms with Gasteiger partial charge in [0.1, 0.15) is 122 Å². The van der Waals surface area contributed by atoms with E-state index in [0.29, 0.717) is 12.8 Å². The van der Waals surface area contributed by atoms with Crippen molar-refractivity contribution in [2.75, 3.05) is 39.6 Å². The molecule has 0 aliphatic carbocycles. The average Bonchev–Trinajstić information content (AvgIpc) is 0.767. The standard InChI is InChI=1S/C74H134N2O28/c1-4-6-8-10-12-14-16-18-19-20-21-22-23-24-25-27-29-31-33-35-37-39-54(84)76-47(48(83)38-36-34-32-30-28-26-17-15-13-11-9-7-5-2)45-95-71-63(92)59(88)67(51(42-79)98-71)102-74-65(94)61(90)68(53(44-81)100-74)103-73-64(93)60(89)66(52(43-80)99-73)101-70-55(75-46(3)82)69(57(86)50(41-78)96-70)104-72-62(91)58(87)56(85)49(40-77)97-72/h18-19,36,38,47-53,55-74,77-81,83,85-94H,4-17,20-35,37,39-45H2,1-3H3,(H,75,82)(H,76,84)/b19-18-,38-36+/t47-,48+,49?,50?,51?,52?,53?,55?,56-,57-,58-,59+,60+,61+,62?,63?,64?,65?,66-,67+,68-,69+,70-,71+,72-,73-,74-/m0/s1. The van der Waals surface area contributed by atoms with E-state index >= 15 is 0 Å². The second kappa shape index (κ2) is 51.8. The largest absolute Gasteiger partial charge is 0.394 e. The van der Waals surface area contributed by atoms with Crippen molar-refractivity contribution in [3.63, 3.8) is 0 Å². The van der Waals surface area contributed by atoms with E-state index in [2.05, 4.69) is 36.6 Å². The number of rotatable bonds is 53. The quantitative estimate of drug-likeness (QED) is 0.0304. The van der Waals surface area contributed by atoms with Crippen LogP contribution in [-0.2, 0) is 57.0 Å². The third-order valence-electron chi connectivity index (χ3n) is 20.4. The fourth-order valence-corrected chi connectivity index (χ4v) is 14.0. The maximum Gasteiger partial charge on any atom is 0.220 e. The molecule has 5 saturated heterocycles. The van der Waals surface area contributed by atoms with Crippen molar-refractivity contribution in [3.8, 4) is 0 Å². The van der Waals surface area contributed by atoms with Crippen LogP contribution in [0, 0.1) is 0 Å². The minimum Gasteiger partial charge on any atom is -0.394 e. The first-order chi connectivity index (χ1) is 50.2. The minimum absolute atomic E-state index is 0.198. The van der Waals surface area contributed by atoms with E-state index in [1.54, 1.807) is 6.08 Å². The molecule has 5 aliphatic heterocycles. The molecule has 30 heteroatoms. The zero-order valence-corrected chi connectivity index (χ0v) is 61.8. The Kier molecular flexibility index (Phi) is 45.8. The Morgan fingerprint density at radius 1 is 0.375 bits per heavy atom. The maximum atomic E-state index is 13.5. The monoisotopic (exact) mass is 1500 g/mol. The molecule has 27 atom stereocenters. The Bertz CT molecular complexity index is 2300. The number of aliphatic hydroxyl groups is 16. The van der Waals surface area contributed by atoms with Crippen LogP contribution in [0.2, 0.25) is 0 Å². The summed E-state index contributed by atoms with van der Waals surface area (Å²) >= 11 is 0. The third-order valence-corrected chi connectivity index (χ3v) is 20.4. The summed E-state index contributed by atoms with van der Waals surface area (Å²) in [7, 11) is 0. The lowest BCUT2D eigenvalue weighted by molar-refractivity contribution is -0.388. The molecule has 0 bridgehead atoms. The van der Waals surface area contributed by atoms with Gasteiger partial charge in [-0.2, -0.15) is 0 Å². The van der Waals surface area contributed by atoms with Crippen molar-refractivity contribution >= 4 is 11.8 Å². The SMILES string of the molecule is CCCCCCCC/C=C\CCCCCCCCCCCCCC(=O)N[C@@H](CO[C@@H]1OC(CO)[C@@H](O[C@@H]2OC(CO)[C@H](O[C@@H]3OC(CO)[C@H](O[C@@H]4OC(CO)[C@H](O)[C@H](O[C@@H]5OC(CO)[C@H](O)[C@H](O)C5O)C4NC(C)=O)[C@H](O)C3O)[C@H](O)C2O)[C@H](O)C1O)[C@H](O)/C=C/CCCCCCCCCCCCC.